The van der Waals surface area contributed by atoms with Crippen molar-refractivity contribution in [3.63, 3.8) is 0 Å². The van der Waals surface area contributed by atoms with Crippen molar-refractivity contribution < 1.29 is 24.1 Å². The monoisotopic (exact) mass is 285 g/mol. The van der Waals surface area contributed by atoms with E-state index in [2.05, 4.69) is 5.32 Å². The number of hydrogen-bond acceptors (Lipinski definition) is 6. The summed E-state index contributed by atoms with van der Waals surface area (Å²) in [7, 11) is 6.29. The largest absolute Gasteiger partial charge is 0.493 e. The highest BCUT2D eigenvalue weighted by molar-refractivity contribution is 5.55. The van der Waals surface area contributed by atoms with Crippen LogP contribution >= 0.6 is 0 Å². The van der Waals surface area contributed by atoms with E-state index in [-0.39, 0.29) is 0 Å². The van der Waals surface area contributed by atoms with Gasteiger partial charge in [-0.15, -0.1) is 0 Å². The number of methoxy groups -OCH3 is 4. The summed E-state index contributed by atoms with van der Waals surface area (Å²) in [6, 6.07) is 3.72. The maximum absolute atomic E-state index is 9.57. The SMILES string of the molecule is COCC(O)CNCc1ccc(OC)c(OC)c1OC. The van der Waals surface area contributed by atoms with Gasteiger partial charge in [0.15, 0.2) is 11.5 Å². The summed E-state index contributed by atoms with van der Waals surface area (Å²) in [6.45, 7) is 1.28. The summed E-state index contributed by atoms with van der Waals surface area (Å²) >= 11 is 0. The second kappa shape index (κ2) is 8.63. The molecule has 6 nitrogen and oxygen atoms in total. The number of ether oxygens (including phenoxy) is 4. The molecule has 0 radical (unpaired) electrons. The molecule has 0 aliphatic rings. The van der Waals surface area contributed by atoms with Crippen LogP contribution in [0.2, 0.25) is 0 Å². The number of aliphatic hydroxyl groups excluding tert-OH is 1. The van der Waals surface area contributed by atoms with Crippen LogP contribution in [0.1, 0.15) is 5.56 Å². The molecule has 2 N–H and O–H groups in total. The van der Waals surface area contributed by atoms with Crippen LogP contribution in [0.5, 0.6) is 17.2 Å². The second-order valence-corrected chi connectivity index (χ2v) is 4.23. The van der Waals surface area contributed by atoms with Crippen molar-refractivity contribution in [1.82, 2.24) is 5.32 Å². The van der Waals surface area contributed by atoms with Gasteiger partial charge in [-0.05, 0) is 6.07 Å². The number of benzene rings is 1. The normalized spacial score (nSPS) is 12.1. The zero-order chi connectivity index (χ0) is 15.0. The molecular weight excluding hydrogens is 262 g/mol. The van der Waals surface area contributed by atoms with Gasteiger partial charge in [0.05, 0.1) is 34.0 Å². The maximum Gasteiger partial charge on any atom is 0.203 e. The Balaban J connectivity index is 2.75. The summed E-state index contributed by atoms with van der Waals surface area (Å²) in [5.74, 6) is 1.81. The highest BCUT2D eigenvalue weighted by Crippen LogP contribution is 2.39. The van der Waals surface area contributed by atoms with Crippen LogP contribution in [0.25, 0.3) is 0 Å². The van der Waals surface area contributed by atoms with Crippen LogP contribution in [0.4, 0.5) is 0 Å². The molecule has 0 fully saturated rings. The van der Waals surface area contributed by atoms with Gasteiger partial charge in [-0.3, -0.25) is 0 Å². The molecule has 0 aliphatic heterocycles. The van der Waals surface area contributed by atoms with Crippen molar-refractivity contribution in [2.75, 3.05) is 41.6 Å². The Hall–Kier alpha value is -1.50. The van der Waals surface area contributed by atoms with Crippen LogP contribution in [-0.4, -0.2) is 52.8 Å². The molecule has 0 amide bonds. The van der Waals surface area contributed by atoms with Crippen molar-refractivity contribution in [3.8, 4) is 17.2 Å². The van der Waals surface area contributed by atoms with E-state index >= 15 is 0 Å². The zero-order valence-electron chi connectivity index (χ0n) is 12.4. The van der Waals surface area contributed by atoms with Gasteiger partial charge in [0.25, 0.3) is 0 Å². The molecule has 0 heterocycles. The van der Waals surface area contributed by atoms with Gasteiger partial charge >= 0.3 is 0 Å². The van der Waals surface area contributed by atoms with E-state index in [0.29, 0.717) is 36.9 Å². The molecule has 1 aromatic carbocycles. The fourth-order valence-electron chi connectivity index (χ4n) is 1.93. The maximum atomic E-state index is 9.57. The predicted octanol–water partition coefficient (Wildman–Crippen LogP) is 0.809. The van der Waals surface area contributed by atoms with Crippen LogP contribution in [0.15, 0.2) is 12.1 Å². The van der Waals surface area contributed by atoms with E-state index < -0.39 is 6.10 Å². The van der Waals surface area contributed by atoms with Crippen molar-refractivity contribution in [2.24, 2.45) is 0 Å². The smallest absolute Gasteiger partial charge is 0.203 e. The van der Waals surface area contributed by atoms with Crippen LogP contribution in [0.3, 0.4) is 0 Å². The van der Waals surface area contributed by atoms with E-state index in [1.165, 1.54) is 0 Å². The van der Waals surface area contributed by atoms with Crippen LogP contribution in [0, 0.1) is 0 Å². The van der Waals surface area contributed by atoms with E-state index in [1.807, 2.05) is 12.1 Å². The van der Waals surface area contributed by atoms with Crippen molar-refractivity contribution in [3.05, 3.63) is 17.7 Å². The first kappa shape index (κ1) is 16.6. The van der Waals surface area contributed by atoms with Gasteiger partial charge in [0, 0.05) is 25.8 Å². The van der Waals surface area contributed by atoms with Gasteiger partial charge in [0.1, 0.15) is 0 Å². The van der Waals surface area contributed by atoms with Gasteiger partial charge in [-0.25, -0.2) is 0 Å². The molecule has 1 unspecified atom stereocenters. The van der Waals surface area contributed by atoms with Gasteiger partial charge in [-0.1, -0.05) is 6.07 Å². The fraction of sp³-hybridized carbons (Fsp3) is 0.571. The summed E-state index contributed by atoms with van der Waals surface area (Å²) in [5.41, 5.74) is 0.926. The van der Waals surface area contributed by atoms with E-state index in [9.17, 15) is 5.11 Å². The van der Waals surface area contributed by atoms with Gasteiger partial charge < -0.3 is 29.4 Å². The lowest BCUT2D eigenvalue weighted by Gasteiger charge is -2.17. The summed E-state index contributed by atoms with van der Waals surface area (Å²) in [4.78, 5) is 0. The van der Waals surface area contributed by atoms with Crippen molar-refractivity contribution >= 4 is 0 Å². The second-order valence-electron chi connectivity index (χ2n) is 4.23. The van der Waals surface area contributed by atoms with Crippen LogP contribution in [-0.2, 0) is 11.3 Å². The van der Waals surface area contributed by atoms with Gasteiger partial charge in [0.2, 0.25) is 5.75 Å². The number of nitrogens with one attached hydrogen (secondary N) is 1. The Kier molecular flexibility index (Phi) is 7.14. The first-order chi connectivity index (χ1) is 9.67. The Morgan fingerprint density at radius 3 is 2.30 bits per heavy atom. The molecular formula is C14H23NO5. The van der Waals surface area contributed by atoms with Gasteiger partial charge in [-0.2, -0.15) is 0 Å². The molecule has 20 heavy (non-hydrogen) atoms. The Morgan fingerprint density at radius 2 is 1.75 bits per heavy atom. The Bertz CT molecular complexity index is 411. The molecule has 0 aromatic heterocycles. The first-order valence-electron chi connectivity index (χ1n) is 6.33. The zero-order valence-corrected chi connectivity index (χ0v) is 12.4. The Morgan fingerprint density at radius 1 is 1.05 bits per heavy atom. The lowest BCUT2D eigenvalue weighted by Crippen LogP contribution is -2.29. The number of rotatable bonds is 9. The average Bonchev–Trinajstić information content (AvgIpc) is 2.46. The van der Waals surface area contributed by atoms with Crippen LogP contribution < -0.4 is 19.5 Å². The third-order valence-electron chi connectivity index (χ3n) is 2.84. The molecule has 1 rings (SSSR count). The number of aliphatic hydroxyl groups is 1. The minimum absolute atomic E-state index is 0.302. The minimum atomic E-state index is -0.536. The molecule has 6 heteroatoms. The third kappa shape index (κ3) is 4.26. The quantitative estimate of drug-likeness (QED) is 0.700. The molecule has 1 atom stereocenters. The van der Waals surface area contributed by atoms with Crippen molar-refractivity contribution in [2.45, 2.75) is 12.6 Å². The summed E-state index contributed by atoms with van der Waals surface area (Å²) < 4.78 is 20.8. The molecule has 0 saturated carbocycles. The van der Waals surface area contributed by atoms with Crippen molar-refractivity contribution in [1.29, 1.82) is 0 Å². The molecule has 0 spiro atoms. The number of hydrogen-bond donors (Lipinski definition) is 2. The summed E-state index contributed by atoms with van der Waals surface area (Å²) in [6.07, 6.45) is -0.536. The molecule has 0 aliphatic carbocycles. The van der Waals surface area contributed by atoms with E-state index in [1.54, 1.807) is 28.4 Å². The van der Waals surface area contributed by atoms with E-state index in [4.69, 9.17) is 18.9 Å². The molecule has 114 valence electrons. The highest BCUT2D eigenvalue weighted by atomic mass is 16.5. The topological polar surface area (TPSA) is 69.2 Å². The Labute approximate surface area is 119 Å². The molecule has 0 bridgehead atoms. The third-order valence-corrected chi connectivity index (χ3v) is 2.84. The van der Waals surface area contributed by atoms with E-state index in [0.717, 1.165) is 5.56 Å². The first-order valence-corrected chi connectivity index (χ1v) is 6.33. The fourth-order valence-corrected chi connectivity index (χ4v) is 1.93. The standard InChI is InChI=1S/C14H23NO5/c1-17-9-11(16)8-15-7-10-5-6-12(18-2)14(20-4)13(10)19-3/h5-6,11,15-16H,7-9H2,1-4H3. The molecule has 0 saturated heterocycles. The lowest BCUT2D eigenvalue weighted by atomic mass is 10.1. The predicted molar refractivity (Wildman–Crippen MR) is 75.7 cm³/mol. The molecule has 1 aromatic rings. The highest BCUT2D eigenvalue weighted by Gasteiger charge is 2.15. The lowest BCUT2D eigenvalue weighted by molar-refractivity contribution is 0.0644. The minimum Gasteiger partial charge on any atom is -0.493 e. The average molecular weight is 285 g/mol. The summed E-state index contributed by atoms with van der Waals surface area (Å²) in [5, 5.41) is 12.7.